The van der Waals surface area contributed by atoms with Crippen LogP contribution in [0.4, 0.5) is 0 Å². The lowest BCUT2D eigenvalue weighted by molar-refractivity contribution is 0.178. The number of nitrogens with zero attached hydrogens (tertiary/aromatic N) is 2. The van der Waals surface area contributed by atoms with Crippen molar-refractivity contribution in [2.24, 2.45) is 10.4 Å². The molecule has 0 amide bonds. The van der Waals surface area contributed by atoms with Crippen molar-refractivity contribution in [3.05, 3.63) is 0 Å². The molecule has 0 aromatic heterocycles. The van der Waals surface area contributed by atoms with Gasteiger partial charge in [0.05, 0.1) is 5.75 Å². The van der Waals surface area contributed by atoms with Crippen molar-refractivity contribution in [1.29, 1.82) is 0 Å². The molecular formula is C18H41IN4O2S. The van der Waals surface area contributed by atoms with Crippen molar-refractivity contribution in [1.82, 2.24) is 15.5 Å². The molecule has 0 aromatic carbocycles. The molecule has 0 atom stereocenters. The minimum Gasteiger partial charge on any atom is -0.357 e. The molecule has 0 aromatic rings. The number of guanidine groups is 1. The first-order valence-electron chi connectivity index (χ1n) is 9.33. The molecule has 0 spiro atoms. The van der Waals surface area contributed by atoms with Gasteiger partial charge < -0.3 is 10.6 Å². The molecule has 0 saturated carbocycles. The van der Waals surface area contributed by atoms with Crippen LogP contribution in [0.1, 0.15) is 54.9 Å². The van der Waals surface area contributed by atoms with E-state index in [0.717, 1.165) is 25.6 Å². The Hall–Kier alpha value is -0.0900. The monoisotopic (exact) mass is 504 g/mol. The van der Waals surface area contributed by atoms with Crippen molar-refractivity contribution >= 4 is 39.8 Å². The Morgan fingerprint density at radius 2 is 1.65 bits per heavy atom. The van der Waals surface area contributed by atoms with E-state index >= 15 is 0 Å². The van der Waals surface area contributed by atoms with Gasteiger partial charge in [0.15, 0.2) is 5.96 Å². The Balaban J connectivity index is 0. The molecule has 0 saturated heterocycles. The Morgan fingerprint density at radius 1 is 1.12 bits per heavy atom. The second-order valence-corrected chi connectivity index (χ2v) is 10.4. The van der Waals surface area contributed by atoms with Gasteiger partial charge in [0.25, 0.3) is 0 Å². The quantitative estimate of drug-likeness (QED) is 0.257. The van der Waals surface area contributed by atoms with Gasteiger partial charge in [0, 0.05) is 44.5 Å². The van der Waals surface area contributed by atoms with Gasteiger partial charge in [-0.1, -0.05) is 13.8 Å². The van der Waals surface area contributed by atoms with E-state index in [0.29, 0.717) is 25.0 Å². The van der Waals surface area contributed by atoms with Crippen LogP contribution in [0.3, 0.4) is 0 Å². The van der Waals surface area contributed by atoms with E-state index in [4.69, 9.17) is 0 Å². The maximum absolute atomic E-state index is 11.4. The number of aliphatic imine (C=N–C) groups is 1. The molecule has 0 heterocycles. The van der Waals surface area contributed by atoms with Gasteiger partial charge in [0.1, 0.15) is 9.84 Å². The zero-order valence-corrected chi connectivity index (χ0v) is 21.1. The fraction of sp³-hybridized carbons (Fsp3) is 0.944. The fourth-order valence-corrected chi connectivity index (χ4v) is 3.52. The number of nitrogens with one attached hydrogen (secondary N) is 2. The topological polar surface area (TPSA) is 73.8 Å². The molecule has 0 aliphatic carbocycles. The van der Waals surface area contributed by atoms with Crippen molar-refractivity contribution in [2.75, 3.05) is 38.2 Å². The SMILES string of the molecule is CCNC(=NCC(C)(C)CCS(C)(=O)=O)NCCN(C(C)C)C(C)C.I. The largest absolute Gasteiger partial charge is 0.357 e. The zero-order chi connectivity index (χ0) is 19.7. The van der Waals surface area contributed by atoms with Crippen LogP contribution in [0.15, 0.2) is 4.99 Å². The maximum Gasteiger partial charge on any atom is 0.191 e. The second-order valence-electron chi connectivity index (χ2n) is 8.09. The van der Waals surface area contributed by atoms with Crippen LogP contribution >= 0.6 is 24.0 Å². The molecule has 26 heavy (non-hydrogen) atoms. The molecule has 0 fully saturated rings. The van der Waals surface area contributed by atoms with Crippen LogP contribution in [-0.4, -0.2) is 69.5 Å². The van der Waals surface area contributed by atoms with Gasteiger partial charge in [-0.05, 0) is 46.5 Å². The lowest BCUT2D eigenvalue weighted by Crippen LogP contribution is -2.45. The summed E-state index contributed by atoms with van der Waals surface area (Å²) in [4.78, 5) is 7.09. The summed E-state index contributed by atoms with van der Waals surface area (Å²) < 4.78 is 22.7. The summed E-state index contributed by atoms with van der Waals surface area (Å²) in [7, 11) is -2.93. The van der Waals surface area contributed by atoms with Gasteiger partial charge in [-0.3, -0.25) is 9.89 Å². The average molecular weight is 505 g/mol. The Labute approximate surface area is 178 Å². The van der Waals surface area contributed by atoms with Crippen molar-refractivity contribution in [3.63, 3.8) is 0 Å². The minimum atomic E-state index is -2.93. The molecule has 0 bridgehead atoms. The van der Waals surface area contributed by atoms with E-state index in [9.17, 15) is 8.42 Å². The highest BCUT2D eigenvalue weighted by Gasteiger charge is 2.20. The van der Waals surface area contributed by atoms with E-state index in [2.05, 4.69) is 62.1 Å². The van der Waals surface area contributed by atoms with Crippen molar-refractivity contribution in [2.45, 2.75) is 67.0 Å². The van der Waals surface area contributed by atoms with Gasteiger partial charge in [-0.2, -0.15) is 0 Å². The highest BCUT2D eigenvalue weighted by Crippen LogP contribution is 2.21. The van der Waals surface area contributed by atoms with E-state index < -0.39 is 9.84 Å². The number of halogens is 1. The van der Waals surface area contributed by atoms with Crippen LogP contribution in [-0.2, 0) is 9.84 Å². The molecule has 6 nitrogen and oxygen atoms in total. The molecule has 0 rings (SSSR count). The van der Waals surface area contributed by atoms with E-state index in [1.807, 2.05) is 6.92 Å². The molecule has 8 heteroatoms. The highest BCUT2D eigenvalue weighted by molar-refractivity contribution is 14.0. The third-order valence-electron chi connectivity index (χ3n) is 4.15. The molecule has 2 N–H and O–H groups in total. The summed E-state index contributed by atoms with van der Waals surface area (Å²) in [6, 6.07) is 1.02. The molecule has 158 valence electrons. The fourth-order valence-electron chi connectivity index (χ4n) is 2.59. The Bertz CT molecular complexity index is 497. The Kier molecular flexibility index (Phi) is 14.2. The van der Waals surface area contributed by atoms with Crippen molar-refractivity contribution < 1.29 is 8.42 Å². The maximum atomic E-state index is 11.4. The summed E-state index contributed by atoms with van der Waals surface area (Å²) in [5.74, 6) is 0.999. The lowest BCUT2D eigenvalue weighted by Gasteiger charge is -2.30. The van der Waals surface area contributed by atoms with Crippen LogP contribution in [0.25, 0.3) is 0 Å². The van der Waals surface area contributed by atoms with Crippen LogP contribution < -0.4 is 10.6 Å². The zero-order valence-electron chi connectivity index (χ0n) is 17.9. The van der Waals surface area contributed by atoms with Gasteiger partial charge in [-0.15, -0.1) is 24.0 Å². The standard InChI is InChI=1S/C18H40N4O2S.HI/c1-9-19-17(20-11-12-22(15(2)3)16(4)5)21-14-18(6,7)10-13-25(8,23)24;/h15-16H,9-14H2,1-8H3,(H2,19,20,21);1H. The third kappa shape index (κ3) is 14.0. The molecule has 0 radical (unpaired) electrons. The normalized spacial score (nSPS) is 13.3. The summed E-state index contributed by atoms with van der Waals surface area (Å²) in [6.45, 7) is 18.2. The summed E-state index contributed by atoms with van der Waals surface area (Å²) in [5, 5.41) is 6.65. The van der Waals surface area contributed by atoms with Gasteiger partial charge in [0.2, 0.25) is 0 Å². The first-order valence-corrected chi connectivity index (χ1v) is 11.4. The number of hydrogen-bond donors (Lipinski definition) is 2. The smallest absolute Gasteiger partial charge is 0.191 e. The number of rotatable bonds is 11. The molecule has 0 aliphatic heterocycles. The predicted octanol–water partition coefficient (Wildman–Crippen LogP) is 2.74. The Morgan fingerprint density at radius 3 is 2.08 bits per heavy atom. The van der Waals surface area contributed by atoms with Gasteiger partial charge in [-0.25, -0.2) is 8.42 Å². The van der Waals surface area contributed by atoms with E-state index in [1.54, 1.807) is 0 Å². The van der Waals surface area contributed by atoms with E-state index in [-0.39, 0.29) is 35.1 Å². The average Bonchev–Trinajstić information content (AvgIpc) is 2.45. The first-order chi connectivity index (χ1) is 11.4. The first kappa shape index (κ1) is 28.1. The summed E-state index contributed by atoms with van der Waals surface area (Å²) in [5.41, 5.74) is -0.146. The van der Waals surface area contributed by atoms with Crippen molar-refractivity contribution in [3.8, 4) is 0 Å². The molecular weight excluding hydrogens is 463 g/mol. The second kappa shape index (κ2) is 13.1. The molecule has 0 unspecified atom stereocenters. The van der Waals surface area contributed by atoms with Crippen LogP contribution in [0.5, 0.6) is 0 Å². The summed E-state index contributed by atoms with van der Waals surface area (Å²) in [6.07, 6.45) is 1.90. The molecule has 0 aliphatic rings. The summed E-state index contributed by atoms with van der Waals surface area (Å²) >= 11 is 0. The lowest BCUT2D eigenvalue weighted by atomic mass is 9.90. The van der Waals surface area contributed by atoms with E-state index in [1.165, 1.54) is 6.26 Å². The number of sulfone groups is 1. The van der Waals surface area contributed by atoms with Gasteiger partial charge >= 0.3 is 0 Å². The minimum absolute atomic E-state index is 0. The van der Waals surface area contributed by atoms with Crippen LogP contribution in [0, 0.1) is 5.41 Å². The number of hydrogen-bond acceptors (Lipinski definition) is 4. The predicted molar refractivity (Wildman–Crippen MR) is 124 cm³/mol. The van der Waals surface area contributed by atoms with Crippen LogP contribution in [0.2, 0.25) is 0 Å². The third-order valence-corrected chi connectivity index (χ3v) is 5.09. The highest BCUT2D eigenvalue weighted by atomic mass is 127.